The Morgan fingerprint density at radius 2 is 1.44 bits per heavy atom. The predicted molar refractivity (Wildman–Crippen MR) is 72.2 cm³/mol. The molecular weight excluding hydrogens is 236 g/mol. The van der Waals surface area contributed by atoms with Crippen molar-refractivity contribution in [3.05, 3.63) is 11.8 Å². The normalized spacial score (nSPS) is 13.6. The van der Waals surface area contributed by atoms with Gasteiger partial charge in [0.2, 0.25) is 16.6 Å². The summed E-state index contributed by atoms with van der Waals surface area (Å²) in [4.78, 5) is 11.9. The Balaban J connectivity index is 4.69. The van der Waals surface area contributed by atoms with Crippen LogP contribution in [0.5, 0.6) is 0 Å². The highest BCUT2D eigenvalue weighted by Crippen LogP contribution is 2.15. The van der Waals surface area contributed by atoms with Crippen molar-refractivity contribution >= 4 is 22.6 Å². The first-order valence-corrected chi connectivity index (χ1v) is 12.5. The molecule has 0 atom stereocenters. The van der Waals surface area contributed by atoms with E-state index in [0.29, 0.717) is 5.76 Å². The number of hydrogen-bond donors (Lipinski definition) is 0. The number of carbonyl (C=O) groups excluding carboxylic acids is 1. The Hall–Kier alpha value is -0.556. The zero-order valence-corrected chi connectivity index (χ0v) is 13.5. The molecule has 0 heterocycles. The average molecular weight is 260 g/mol. The van der Waals surface area contributed by atoms with Crippen LogP contribution in [0.15, 0.2) is 11.8 Å². The minimum absolute atomic E-state index is 0.302. The second-order valence-corrected chi connectivity index (χ2v) is 14.6. The van der Waals surface area contributed by atoms with Crippen LogP contribution in [0, 0.1) is 0 Å². The highest BCUT2D eigenvalue weighted by atomic mass is 28.4. The summed E-state index contributed by atoms with van der Waals surface area (Å²) in [5, 5.41) is 0. The molecule has 0 aromatic heterocycles. The van der Waals surface area contributed by atoms with Crippen LogP contribution in [0.25, 0.3) is 0 Å². The second-order valence-electron chi connectivity index (χ2n) is 5.69. The van der Waals surface area contributed by atoms with Crippen molar-refractivity contribution in [3.8, 4) is 0 Å². The molecule has 0 aliphatic heterocycles. The van der Waals surface area contributed by atoms with Gasteiger partial charge in [0.25, 0.3) is 0 Å². The lowest BCUT2D eigenvalue weighted by Gasteiger charge is -2.24. The average Bonchev–Trinajstić information content (AvgIpc) is 1.97. The summed E-state index contributed by atoms with van der Waals surface area (Å²) < 4.78 is 11.2. The molecule has 0 aliphatic carbocycles. The van der Waals surface area contributed by atoms with Crippen molar-refractivity contribution in [2.24, 2.45) is 0 Å². The maximum absolute atomic E-state index is 11.9. The zero-order chi connectivity index (χ0) is 13.0. The Morgan fingerprint density at radius 1 is 1.00 bits per heavy atom. The zero-order valence-electron chi connectivity index (χ0n) is 11.5. The van der Waals surface area contributed by atoms with E-state index in [0.717, 1.165) is 6.42 Å². The van der Waals surface area contributed by atoms with Gasteiger partial charge in [-0.3, -0.25) is 0 Å². The predicted octanol–water partition coefficient (Wildman–Crippen LogP) is 3.51. The second kappa shape index (κ2) is 5.68. The van der Waals surface area contributed by atoms with E-state index in [1.807, 2.05) is 26.6 Å². The van der Waals surface area contributed by atoms with Crippen molar-refractivity contribution in [3.63, 3.8) is 0 Å². The fourth-order valence-electron chi connectivity index (χ4n) is 1.01. The highest BCUT2D eigenvalue weighted by Gasteiger charge is 2.26. The van der Waals surface area contributed by atoms with E-state index in [1.54, 1.807) is 6.08 Å². The summed E-state index contributed by atoms with van der Waals surface area (Å²) in [6, 6.07) is 0. The Morgan fingerprint density at radius 3 is 1.75 bits per heavy atom. The van der Waals surface area contributed by atoms with Crippen LogP contribution in [0.3, 0.4) is 0 Å². The van der Waals surface area contributed by atoms with Gasteiger partial charge in [0.15, 0.2) is 5.76 Å². The van der Waals surface area contributed by atoms with E-state index in [1.165, 1.54) is 0 Å². The van der Waals surface area contributed by atoms with E-state index in [-0.39, 0.29) is 5.97 Å². The summed E-state index contributed by atoms with van der Waals surface area (Å²) in [6.45, 7) is 14.1. The van der Waals surface area contributed by atoms with Crippen molar-refractivity contribution in [2.75, 3.05) is 0 Å². The molecule has 0 aromatic rings. The summed E-state index contributed by atoms with van der Waals surface area (Å²) in [6.07, 6.45) is 2.58. The number of hydrogen-bond acceptors (Lipinski definition) is 3. The molecule has 0 fully saturated rings. The summed E-state index contributed by atoms with van der Waals surface area (Å²) >= 11 is 0. The molecule has 0 spiro atoms. The smallest absolute Gasteiger partial charge is 0.358 e. The Labute approximate surface area is 101 Å². The van der Waals surface area contributed by atoms with Crippen LogP contribution >= 0.6 is 0 Å². The number of carbonyl (C=O) groups is 1. The fourth-order valence-corrected chi connectivity index (χ4v) is 2.49. The van der Waals surface area contributed by atoms with Crippen LogP contribution in [0.4, 0.5) is 0 Å². The van der Waals surface area contributed by atoms with Gasteiger partial charge in [-0.15, -0.1) is 0 Å². The topological polar surface area (TPSA) is 35.5 Å². The maximum Gasteiger partial charge on any atom is 0.358 e. The lowest BCUT2D eigenvalue weighted by atomic mass is 10.4. The van der Waals surface area contributed by atoms with Gasteiger partial charge >= 0.3 is 5.97 Å². The molecule has 0 saturated carbocycles. The quantitative estimate of drug-likeness (QED) is 0.431. The van der Waals surface area contributed by atoms with Crippen LogP contribution in [-0.4, -0.2) is 22.6 Å². The van der Waals surface area contributed by atoms with E-state index in [4.69, 9.17) is 8.85 Å². The minimum atomic E-state index is -1.84. The third-order valence-corrected chi connectivity index (χ3v) is 3.04. The SMILES string of the molecule is CCC=C(O[Si](C)(C)C)C(=O)O[Si](C)(C)C. The molecule has 0 aliphatic rings. The molecule has 16 heavy (non-hydrogen) atoms. The lowest BCUT2D eigenvalue weighted by Crippen LogP contribution is -2.34. The van der Waals surface area contributed by atoms with Gasteiger partial charge in [0.05, 0.1) is 0 Å². The molecule has 0 bridgehead atoms. The fraction of sp³-hybridized carbons (Fsp3) is 0.727. The monoisotopic (exact) mass is 260 g/mol. The van der Waals surface area contributed by atoms with Crippen LogP contribution in [-0.2, 0) is 13.6 Å². The van der Waals surface area contributed by atoms with Gasteiger partial charge in [-0.1, -0.05) is 6.92 Å². The molecule has 5 heteroatoms. The van der Waals surface area contributed by atoms with Gasteiger partial charge in [0, 0.05) is 0 Å². The summed E-state index contributed by atoms with van der Waals surface area (Å²) in [5.74, 6) is 0.0903. The number of rotatable bonds is 5. The highest BCUT2D eigenvalue weighted by molar-refractivity contribution is 6.72. The maximum atomic E-state index is 11.9. The first kappa shape index (κ1) is 15.4. The Bertz CT molecular complexity index is 272. The number of allylic oxidation sites excluding steroid dienone is 1. The third-order valence-electron chi connectivity index (χ3n) is 1.41. The first-order valence-electron chi connectivity index (χ1n) is 5.67. The lowest BCUT2D eigenvalue weighted by molar-refractivity contribution is -0.133. The molecule has 0 amide bonds. The molecule has 3 nitrogen and oxygen atoms in total. The van der Waals surface area contributed by atoms with Crippen molar-refractivity contribution in [1.82, 2.24) is 0 Å². The molecule has 94 valence electrons. The van der Waals surface area contributed by atoms with E-state index >= 15 is 0 Å². The van der Waals surface area contributed by atoms with Gasteiger partial charge in [0.1, 0.15) is 0 Å². The molecule has 0 unspecified atom stereocenters. The molecular formula is C11H24O3Si2. The van der Waals surface area contributed by atoms with Gasteiger partial charge < -0.3 is 8.85 Å². The summed E-state index contributed by atoms with van der Waals surface area (Å²) in [7, 11) is -3.59. The van der Waals surface area contributed by atoms with E-state index in [9.17, 15) is 4.79 Å². The van der Waals surface area contributed by atoms with E-state index < -0.39 is 16.6 Å². The van der Waals surface area contributed by atoms with Gasteiger partial charge in [-0.25, -0.2) is 4.79 Å². The van der Waals surface area contributed by atoms with Crippen LogP contribution in [0.2, 0.25) is 39.3 Å². The van der Waals surface area contributed by atoms with Crippen LogP contribution in [0.1, 0.15) is 13.3 Å². The molecule has 0 aromatic carbocycles. The van der Waals surface area contributed by atoms with Gasteiger partial charge in [-0.2, -0.15) is 0 Å². The standard InChI is InChI=1S/C11H24O3Si2/c1-8-9-10(13-15(2,3)4)11(12)14-16(5,6)7/h9H,8H2,1-7H3. The molecule has 0 rings (SSSR count). The minimum Gasteiger partial charge on any atom is -0.540 e. The van der Waals surface area contributed by atoms with Gasteiger partial charge in [-0.05, 0) is 51.8 Å². The van der Waals surface area contributed by atoms with E-state index in [2.05, 4.69) is 19.6 Å². The third kappa shape index (κ3) is 7.70. The van der Waals surface area contributed by atoms with Crippen molar-refractivity contribution in [2.45, 2.75) is 52.6 Å². The Kier molecular flexibility index (Phi) is 5.48. The van der Waals surface area contributed by atoms with Crippen molar-refractivity contribution in [1.29, 1.82) is 0 Å². The largest absolute Gasteiger partial charge is 0.540 e. The first-order chi connectivity index (χ1) is 7.05. The summed E-state index contributed by atoms with van der Waals surface area (Å²) in [5.41, 5.74) is 0. The molecule has 0 N–H and O–H groups in total. The molecule has 0 radical (unpaired) electrons. The van der Waals surface area contributed by atoms with Crippen molar-refractivity contribution < 1.29 is 13.6 Å². The van der Waals surface area contributed by atoms with Crippen LogP contribution < -0.4 is 0 Å². The molecule has 0 saturated heterocycles.